The second kappa shape index (κ2) is 10.8. The minimum atomic E-state index is -4.36. The van der Waals surface area contributed by atoms with Crippen LogP contribution in [0.2, 0.25) is 0 Å². The van der Waals surface area contributed by atoms with Crippen molar-refractivity contribution in [3.63, 3.8) is 0 Å². The lowest BCUT2D eigenvalue weighted by Gasteiger charge is -2.20. The van der Waals surface area contributed by atoms with Gasteiger partial charge in [-0.15, -0.1) is 11.8 Å². The zero-order chi connectivity index (χ0) is 24.2. The number of aryl methyl sites for hydroxylation is 1. The fourth-order valence-electron chi connectivity index (χ4n) is 3.83. The van der Waals surface area contributed by atoms with Gasteiger partial charge in [-0.3, -0.25) is 9.79 Å². The van der Waals surface area contributed by atoms with E-state index in [9.17, 15) is 18.0 Å². The number of carbonyl (C=O) groups is 1. The number of alkyl halides is 3. The zero-order valence-electron chi connectivity index (χ0n) is 19.4. The number of hydrogen-bond donors (Lipinski definition) is 0. The standard InChI is InChI=1S/C26H30F3NO2S/c1-5-14-32-22-12-8-19(15-17(22)4)21(31)11-13-23-24(16(2)3)30-25(33-23)18-6-9-20(10-7-18)26(27,28)29/h6-10,12,15-16,23-24H,5,11,13-14H2,1-4H3. The van der Waals surface area contributed by atoms with Gasteiger partial charge in [-0.2, -0.15) is 13.2 Å². The zero-order valence-corrected chi connectivity index (χ0v) is 20.2. The highest BCUT2D eigenvalue weighted by molar-refractivity contribution is 8.15. The molecule has 0 fully saturated rings. The smallest absolute Gasteiger partial charge is 0.416 e. The predicted molar refractivity (Wildman–Crippen MR) is 129 cm³/mol. The molecule has 0 saturated heterocycles. The first-order valence-corrected chi connectivity index (χ1v) is 12.2. The van der Waals surface area contributed by atoms with E-state index < -0.39 is 11.7 Å². The number of ketones is 1. The molecule has 178 valence electrons. The Balaban J connectivity index is 1.65. The Labute approximate surface area is 197 Å². The molecule has 1 aliphatic rings. The first kappa shape index (κ1) is 25.3. The molecule has 2 atom stereocenters. The number of benzene rings is 2. The van der Waals surface area contributed by atoms with Crippen molar-refractivity contribution in [2.45, 2.75) is 64.4 Å². The summed E-state index contributed by atoms with van der Waals surface area (Å²) < 4.78 is 44.3. The Kier molecular flexibility index (Phi) is 8.27. The molecule has 0 aromatic heterocycles. The van der Waals surface area contributed by atoms with Gasteiger partial charge in [-0.05, 0) is 61.6 Å². The fraction of sp³-hybridized carbons (Fsp3) is 0.462. The van der Waals surface area contributed by atoms with Gasteiger partial charge < -0.3 is 4.74 Å². The molecular formula is C26H30F3NO2S. The van der Waals surface area contributed by atoms with Crippen LogP contribution in [-0.2, 0) is 6.18 Å². The molecule has 2 aromatic carbocycles. The number of aliphatic imine (C=N–C) groups is 1. The van der Waals surface area contributed by atoms with Crippen LogP contribution in [0.1, 0.15) is 67.1 Å². The molecule has 0 radical (unpaired) electrons. The maximum atomic E-state index is 12.9. The van der Waals surface area contributed by atoms with E-state index >= 15 is 0 Å². The van der Waals surface area contributed by atoms with Gasteiger partial charge in [0.05, 0.1) is 23.3 Å². The summed E-state index contributed by atoms with van der Waals surface area (Å²) >= 11 is 1.56. The highest BCUT2D eigenvalue weighted by Gasteiger charge is 2.34. The van der Waals surface area contributed by atoms with Crippen LogP contribution in [0.25, 0.3) is 0 Å². The summed E-state index contributed by atoms with van der Waals surface area (Å²) in [5.41, 5.74) is 1.63. The topological polar surface area (TPSA) is 38.7 Å². The number of nitrogens with zero attached hydrogens (tertiary/aromatic N) is 1. The summed E-state index contributed by atoms with van der Waals surface area (Å²) in [6.07, 6.45) is -2.38. The van der Waals surface area contributed by atoms with Crippen molar-refractivity contribution >= 4 is 22.6 Å². The molecular weight excluding hydrogens is 447 g/mol. The number of Topliss-reactive ketones (excluding diaryl/α,β-unsaturated/α-hetero) is 1. The van der Waals surface area contributed by atoms with Gasteiger partial charge in [-0.25, -0.2) is 0 Å². The molecule has 0 aliphatic carbocycles. The number of ether oxygens (including phenoxy) is 1. The van der Waals surface area contributed by atoms with Gasteiger partial charge in [-0.1, -0.05) is 32.9 Å². The SMILES string of the molecule is CCCOc1ccc(C(=O)CCC2SC(c3ccc(C(F)(F)F)cc3)=NC2C(C)C)cc1C. The van der Waals surface area contributed by atoms with E-state index in [1.54, 1.807) is 11.8 Å². The van der Waals surface area contributed by atoms with Crippen molar-refractivity contribution in [2.75, 3.05) is 6.61 Å². The quantitative estimate of drug-likeness (QED) is 0.354. The highest BCUT2D eigenvalue weighted by Crippen LogP contribution is 2.38. The van der Waals surface area contributed by atoms with Crippen molar-refractivity contribution in [3.05, 3.63) is 64.7 Å². The van der Waals surface area contributed by atoms with Crippen molar-refractivity contribution in [1.82, 2.24) is 0 Å². The minimum Gasteiger partial charge on any atom is -0.493 e. The van der Waals surface area contributed by atoms with E-state index in [1.807, 2.05) is 32.0 Å². The third-order valence-corrected chi connectivity index (χ3v) is 7.05. The number of carbonyl (C=O) groups excluding carboxylic acids is 1. The van der Waals surface area contributed by atoms with E-state index in [0.717, 1.165) is 34.9 Å². The predicted octanol–water partition coefficient (Wildman–Crippen LogP) is 7.35. The lowest BCUT2D eigenvalue weighted by atomic mass is 9.96. The van der Waals surface area contributed by atoms with Crippen molar-refractivity contribution in [1.29, 1.82) is 0 Å². The van der Waals surface area contributed by atoms with E-state index in [4.69, 9.17) is 9.73 Å². The second-order valence-corrected chi connectivity index (χ2v) is 9.92. The maximum Gasteiger partial charge on any atom is 0.416 e. The van der Waals surface area contributed by atoms with Crippen LogP contribution in [0.4, 0.5) is 13.2 Å². The van der Waals surface area contributed by atoms with Gasteiger partial charge >= 0.3 is 6.18 Å². The molecule has 33 heavy (non-hydrogen) atoms. The average Bonchev–Trinajstić information content (AvgIpc) is 3.21. The first-order valence-electron chi connectivity index (χ1n) is 11.3. The Hall–Kier alpha value is -2.28. The van der Waals surface area contributed by atoms with Crippen LogP contribution in [0.5, 0.6) is 5.75 Å². The van der Waals surface area contributed by atoms with Gasteiger partial charge in [0.1, 0.15) is 5.75 Å². The Morgan fingerprint density at radius 1 is 1.15 bits per heavy atom. The molecule has 0 saturated carbocycles. The van der Waals surface area contributed by atoms with Gasteiger partial charge in [0.25, 0.3) is 0 Å². The summed E-state index contributed by atoms with van der Waals surface area (Å²) in [5, 5.41) is 0.854. The summed E-state index contributed by atoms with van der Waals surface area (Å²) in [4.78, 5) is 17.7. The molecule has 0 spiro atoms. The molecule has 0 amide bonds. The molecule has 1 aliphatic heterocycles. The Morgan fingerprint density at radius 3 is 2.42 bits per heavy atom. The highest BCUT2D eigenvalue weighted by atomic mass is 32.2. The van der Waals surface area contributed by atoms with Crippen LogP contribution in [0.3, 0.4) is 0 Å². The lowest BCUT2D eigenvalue weighted by molar-refractivity contribution is -0.137. The van der Waals surface area contributed by atoms with E-state index in [2.05, 4.69) is 13.8 Å². The summed E-state index contributed by atoms with van der Waals surface area (Å²) in [6, 6.07) is 10.7. The number of hydrogen-bond acceptors (Lipinski definition) is 4. The van der Waals surface area contributed by atoms with Crippen molar-refractivity contribution < 1.29 is 22.7 Å². The van der Waals surface area contributed by atoms with Crippen molar-refractivity contribution in [2.24, 2.45) is 10.9 Å². The van der Waals surface area contributed by atoms with Gasteiger partial charge in [0.15, 0.2) is 5.78 Å². The fourth-order valence-corrected chi connectivity index (χ4v) is 5.32. The Bertz CT molecular complexity index is 1000. The molecule has 7 heteroatoms. The number of rotatable bonds is 9. The number of thioether (sulfide) groups is 1. The molecule has 1 heterocycles. The van der Waals surface area contributed by atoms with E-state index in [-0.39, 0.29) is 23.0 Å². The van der Waals surface area contributed by atoms with Crippen LogP contribution < -0.4 is 4.74 Å². The Morgan fingerprint density at radius 2 is 1.85 bits per heavy atom. The summed E-state index contributed by atoms with van der Waals surface area (Å²) in [7, 11) is 0. The minimum absolute atomic E-state index is 0.0200. The third kappa shape index (κ3) is 6.40. The largest absolute Gasteiger partial charge is 0.493 e. The average molecular weight is 478 g/mol. The van der Waals surface area contributed by atoms with Crippen molar-refractivity contribution in [3.8, 4) is 5.75 Å². The molecule has 0 bridgehead atoms. The molecule has 3 nitrogen and oxygen atoms in total. The summed E-state index contributed by atoms with van der Waals surface area (Å²) in [5.74, 6) is 1.14. The van der Waals surface area contributed by atoms with E-state index in [0.29, 0.717) is 30.6 Å². The van der Waals surface area contributed by atoms with Crippen LogP contribution in [0, 0.1) is 12.8 Å². The van der Waals surface area contributed by atoms with Crippen LogP contribution in [0.15, 0.2) is 47.5 Å². The maximum absolute atomic E-state index is 12.9. The number of halogens is 3. The lowest BCUT2D eigenvalue weighted by Crippen LogP contribution is -2.24. The molecule has 2 aromatic rings. The third-order valence-electron chi connectivity index (χ3n) is 5.67. The normalized spacial score (nSPS) is 18.5. The molecule has 3 rings (SSSR count). The second-order valence-electron chi connectivity index (χ2n) is 8.69. The van der Waals surface area contributed by atoms with E-state index in [1.165, 1.54) is 12.1 Å². The molecule has 0 N–H and O–H groups in total. The molecule has 2 unspecified atom stereocenters. The summed E-state index contributed by atoms with van der Waals surface area (Å²) in [6.45, 7) is 8.79. The monoisotopic (exact) mass is 477 g/mol. The van der Waals surface area contributed by atoms with Gasteiger partial charge in [0, 0.05) is 22.8 Å². The van der Waals surface area contributed by atoms with Gasteiger partial charge in [0.2, 0.25) is 0 Å². The first-order chi connectivity index (χ1) is 15.6. The van der Waals surface area contributed by atoms with Crippen LogP contribution >= 0.6 is 11.8 Å². The van der Waals surface area contributed by atoms with Crippen LogP contribution in [-0.4, -0.2) is 28.7 Å².